The van der Waals surface area contributed by atoms with Crippen LogP contribution in [0.1, 0.15) is 19.4 Å². The van der Waals surface area contributed by atoms with Gasteiger partial charge in [-0.2, -0.15) is 0 Å². The van der Waals surface area contributed by atoms with Gasteiger partial charge in [0.05, 0.1) is 10.0 Å². The molecule has 0 amide bonds. The highest BCUT2D eigenvalue weighted by atomic mass is 35.5. The lowest BCUT2D eigenvalue weighted by Crippen LogP contribution is -2.11. The molecule has 1 aromatic carbocycles. The van der Waals surface area contributed by atoms with E-state index in [4.69, 9.17) is 34.8 Å². The average molecular weight is 252 g/mol. The molecule has 0 saturated carbocycles. The maximum Gasteiger partial charge on any atom is 0.0624 e. The summed E-state index contributed by atoms with van der Waals surface area (Å²) < 4.78 is 0. The minimum Gasteiger partial charge on any atom is -0.122 e. The summed E-state index contributed by atoms with van der Waals surface area (Å²) in [7, 11) is 0. The van der Waals surface area contributed by atoms with Crippen LogP contribution in [0.4, 0.5) is 0 Å². The van der Waals surface area contributed by atoms with E-state index in [1.165, 1.54) is 0 Å². The second kappa shape index (κ2) is 5.25. The Bertz CT molecular complexity index is 307. The van der Waals surface area contributed by atoms with Crippen LogP contribution in [0.5, 0.6) is 0 Å². The molecule has 1 rings (SSSR count). The van der Waals surface area contributed by atoms with Crippen molar-refractivity contribution < 1.29 is 0 Å². The van der Waals surface area contributed by atoms with Crippen molar-refractivity contribution in [2.45, 2.75) is 25.6 Å². The standard InChI is InChI=1S/C11H13Cl3/c1-7(2)10(13)6-8-4-3-5-9(12)11(8)14/h3-5,7,10H,6H2,1-2H3. The van der Waals surface area contributed by atoms with E-state index >= 15 is 0 Å². The van der Waals surface area contributed by atoms with Crippen LogP contribution >= 0.6 is 34.8 Å². The van der Waals surface area contributed by atoms with Crippen molar-refractivity contribution in [1.29, 1.82) is 0 Å². The number of alkyl halides is 1. The summed E-state index contributed by atoms with van der Waals surface area (Å²) in [6.45, 7) is 4.19. The molecule has 0 bridgehead atoms. The third-order valence-electron chi connectivity index (χ3n) is 2.17. The first-order valence-corrected chi connectivity index (χ1v) is 5.78. The summed E-state index contributed by atoms with van der Waals surface area (Å²) in [5.41, 5.74) is 1.02. The Morgan fingerprint density at radius 3 is 2.43 bits per heavy atom. The SMILES string of the molecule is CC(C)C(Cl)Cc1cccc(Cl)c1Cl. The molecule has 0 aliphatic carbocycles. The molecule has 1 unspecified atom stereocenters. The molecule has 0 aliphatic heterocycles. The molecular weight excluding hydrogens is 238 g/mol. The zero-order valence-corrected chi connectivity index (χ0v) is 10.5. The van der Waals surface area contributed by atoms with E-state index in [0.29, 0.717) is 16.0 Å². The van der Waals surface area contributed by atoms with Gasteiger partial charge in [-0.15, -0.1) is 11.6 Å². The van der Waals surface area contributed by atoms with Crippen LogP contribution in [0.15, 0.2) is 18.2 Å². The topological polar surface area (TPSA) is 0 Å². The lowest BCUT2D eigenvalue weighted by molar-refractivity contribution is 0.596. The quantitative estimate of drug-likeness (QED) is 0.677. The van der Waals surface area contributed by atoms with Gasteiger partial charge in [0.15, 0.2) is 0 Å². The van der Waals surface area contributed by atoms with Gasteiger partial charge in [0.2, 0.25) is 0 Å². The second-order valence-corrected chi connectivity index (χ2v) is 5.02. The predicted octanol–water partition coefficient (Wildman–Crippen LogP) is 4.80. The van der Waals surface area contributed by atoms with Gasteiger partial charge in [0.25, 0.3) is 0 Å². The van der Waals surface area contributed by atoms with Gasteiger partial charge in [-0.3, -0.25) is 0 Å². The zero-order chi connectivity index (χ0) is 10.7. The summed E-state index contributed by atoms with van der Waals surface area (Å²) in [6.07, 6.45) is 0.763. The molecule has 0 radical (unpaired) electrons. The fourth-order valence-electron chi connectivity index (χ4n) is 1.15. The molecule has 14 heavy (non-hydrogen) atoms. The van der Waals surface area contributed by atoms with Gasteiger partial charge >= 0.3 is 0 Å². The summed E-state index contributed by atoms with van der Waals surface area (Å²) >= 11 is 18.1. The largest absolute Gasteiger partial charge is 0.122 e. The Hall–Kier alpha value is 0.0900. The minimum absolute atomic E-state index is 0.103. The third kappa shape index (κ3) is 3.05. The maximum atomic E-state index is 6.17. The van der Waals surface area contributed by atoms with E-state index in [1.54, 1.807) is 6.07 Å². The molecule has 1 atom stereocenters. The highest BCUT2D eigenvalue weighted by molar-refractivity contribution is 6.42. The van der Waals surface area contributed by atoms with Gasteiger partial charge in [0.1, 0.15) is 0 Å². The van der Waals surface area contributed by atoms with Crippen LogP contribution in [-0.4, -0.2) is 5.38 Å². The van der Waals surface area contributed by atoms with Crippen molar-refractivity contribution in [3.63, 3.8) is 0 Å². The molecule has 0 spiro atoms. The fourth-order valence-corrected chi connectivity index (χ4v) is 1.72. The van der Waals surface area contributed by atoms with Gasteiger partial charge in [-0.1, -0.05) is 49.2 Å². The van der Waals surface area contributed by atoms with E-state index in [9.17, 15) is 0 Å². The number of hydrogen-bond donors (Lipinski definition) is 0. The van der Waals surface area contributed by atoms with Crippen LogP contribution < -0.4 is 0 Å². The Labute approximate surface area is 100 Å². The van der Waals surface area contributed by atoms with Crippen molar-refractivity contribution in [3.05, 3.63) is 33.8 Å². The Kier molecular flexibility index (Phi) is 4.56. The van der Waals surface area contributed by atoms with Crippen LogP contribution in [0.25, 0.3) is 0 Å². The maximum absolute atomic E-state index is 6.17. The first-order chi connectivity index (χ1) is 6.52. The summed E-state index contributed by atoms with van der Waals surface area (Å²) in [5, 5.41) is 1.32. The monoisotopic (exact) mass is 250 g/mol. The fraction of sp³-hybridized carbons (Fsp3) is 0.455. The zero-order valence-electron chi connectivity index (χ0n) is 8.23. The van der Waals surface area contributed by atoms with Crippen molar-refractivity contribution >= 4 is 34.8 Å². The Morgan fingerprint density at radius 1 is 1.21 bits per heavy atom. The number of benzene rings is 1. The van der Waals surface area contributed by atoms with Crippen LogP contribution in [0, 0.1) is 5.92 Å². The smallest absolute Gasteiger partial charge is 0.0624 e. The van der Waals surface area contributed by atoms with Gasteiger partial charge in [-0.05, 0) is 24.0 Å². The van der Waals surface area contributed by atoms with Gasteiger partial charge < -0.3 is 0 Å². The molecule has 0 aliphatic rings. The molecule has 0 fully saturated rings. The summed E-state index contributed by atoms with van der Waals surface area (Å²) in [5.74, 6) is 0.437. The van der Waals surface area contributed by atoms with Crippen molar-refractivity contribution in [1.82, 2.24) is 0 Å². The number of hydrogen-bond acceptors (Lipinski definition) is 0. The van der Waals surface area contributed by atoms with Crippen LogP contribution in [-0.2, 0) is 6.42 Å². The lowest BCUT2D eigenvalue weighted by Gasteiger charge is -2.14. The minimum atomic E-state index is 0.103. The molecule has 3 heteroatoms. The van der Waals surface area contributed by atoms with E-state index in [1.807, 2.05) is 12.1 Å². The van der Waals surface area contributed by atoms with Crippen molar-refractivity contribution in [2.24, 2.45) is 5.92 Å². The first kappa shape index (κ1) is 12.2. The lowest BCUT2D eigenvalue weighted by atomic mass is 10.0. The highest BCUT2D eigenvalue weighted by Crippen LogP contribution is 2.28. The van der Waals surface area contributed by atoms with E-state index < -0.39 is 0 Å². The van der Waals surface area contributed by atoms with Crippen LogP contribution in [0.3, 0.4) is 0 Å². The van der Waals surface area contributed by atoms with Gasteiger partial charge in [0, 0.05) is 5.38 Å². The molecule has 0 saturated heterocycles. The normalized spacial score (nSPS) is 13.3. The number of halogens is 3. The Morgan fingerprint density at radius 2 is 1.86 bits per heavy atom. The second-order valence-electron chi connectivity index (χ2n) is 3.68. The van der Waals surface area contributed by atoms with E-state index in [-0.39, 0.29) is 5.38 Å². The van der Waals surface area contributed by atoms with E-state index in [0.717, 1.165) is 12.0 Å². The Balaban J connectivity index is 2.82. The predicted molar refractivity (Wildman–Crippen MR) is 64.6 cm³/mol. The van der Waals surface area contributed by atoms with Crippen molar-refractivity contribution in [2.75, 3.05) is 0 Å². The highest BCUT2D eigenvalue weighted by Gasteiger charge is 2.13. The van der Waals surface area contributed by atoms with Crippen LogP contribution in [0.2, 0.25) is 10.0 Å². The third-order valence-corrected chi connectivity index (χ3v) is 3.69. The van der Waals surface area contributed by atoms with Crippen molar-refractivity contribution in [3.8, 4) is 0 Å². The van der Waals surface area contributed by atoms with Gasteiger partial charge in [-0.25, -0.2) is 0 Å². The molecule has 78 valence electrons. The number of rotatable bonds is 3. The molecule has 0 nitrogen and oxygen atoms in total. The molecule has 0 heterocycles. The summed E-state index contributed by atoms with van der Waals surface area (Å²) in [6, 6.07) is 5.64. The molecule has 0 N–H and O–H groups in total. The molecule has 1 aromatic rings. The van der Waals surface area contributed by atoms with E-state index in [2.05, 4.69) is 13.8 Å². The average Bonchev–Trinajstić information content (AvgIpc) is 2.12. The summed E-state index contributed by atoms with van der Waals surface area (Å²) in [4.78, 5) is 0. The first-order valence-electron chi connectivity index (χ1n) is 4.59. The molecule has 0 aromatic heterocycles. The molecular formula is C11H13Cl3.